The second-order valence-corrected chi connectivity index (χ2v) is 6.34. The quantitative estimate of drug-likeness (QED) is 0.641. The summed E-state index contributed by atoms with van der Waals surface area (Å²) in [5.74, 6) is 0.500. The molecule has 1 aromatic heterocycles. The van der Waals surface area contributed by atoms with Crippen LogP contribution < -0.4 is 15.4 Å². The van der Waals surface area contributed by atoms with E-state index in [2.05, 4.69) is 15.6 Å². The number of nitrogens with zero attached hydrogens (tertiary/aromatic N) is 1. The fourth-order valence-electron chi connectivity index (χ4n) is 2.59. The molecule has 27 heavy (non-hydrogen) atoms. The van der Waals surface area contributed by atoms with Crippen molar-refractivity contribution < 1.29 is 9.53 Å². The van der Waals surface area contributed by atoms with Gasteiger partial charge in [-0.3, -0.25) is 9.78 Å². The Hall–Kier alpha value is -3.05. The number of aromatic nitrogens is 1. The molecule has 0 spiro atoms. The lowest BCUT2D eigenvalue weighted by molar-refractivity contribution is 0.0945. The van der Waals surface area contributed by atoms with Crippen molar-refractivity contribution in [3.8, 4) is 5.75 Å². The predicted molar refractivity (Wildman–Crippen MR) is 107 cm³/mol. The lowest BCUT2D eigenvalue weighted by Crippen LogP contribution is -2.24. The molecule has 138 valence electrons. The van der Waals surface area contributed by atoms with Crippen LogP contribution in [0.2, 0.25) is 5.02 Å². The van der Waals surface area contributed by atoms with E-state index >= 15 is 0 Å². The molecule has 0 atom stereocenters. The summed E-state index contributed by atoms with van der Waals surface area (Å²) in [5, 5.41) is 6.86. The molecular weight excluding hydrogens is 362 g/mol. The standard InChI is InChI=1S/C21H20ClN3O2/c1-27-20-5-3-2-4-16(20)14-25-21(26)19-12-18(10-11-23-19)24-13-15-6-8-17(22)9-7-15/h2-12H,13-14H2,1H3,(H,23,24)(H,25,26). The first-order valence-corrected chi connectivity index (χ1v) is 8.88. The van der Waals surface area contributed by atoms with Crippen LogP contribution >= 0.6 is 11.6 Å². The molecule has 1 amide bonds. The average molecular weight is 382 g/mol. The van der Waals surface area contributed by atoms with Crippen LogP contribution in [-0.4, -0.2) is 18.0 Å². The minimum Gasteiger partial charge on any atom is -0.496 e. The number of amides is 1. The van der Waals surface area contributed by atoms with E-state index in [1.54, 1.807) is 19.4 Å². The molecule has 0 aliphatic rings. The highest BCUT2D eigenvalue weighted by molar-refractivity contribution is 6.30. The smallest absolute Gasteiger partial charge is 0.270 e. The molecule has 2 N–H and O–H groups in total. The van der Waals surface area contributed by atoms with Crippen LogP contribution in [0.4, 0.5) is 5.69 Å². The lowest BCUT2D eigenvalue weighted by Gasteiger charge is -2.10. The maximum atomic E-state index is 12.4. The Bertz CT molecular complexity index is 913. The highest BCUT2D eigenvalue weighted by atomic mass is 35.5. The van der Waals surface area contributed by atoms with Crippen LogP contribution in [0.3, 0.4) is 0 Å². The molecule has 1 heterocycles. The monoisotopic (exact) mass is 381 g/mol. The lowest BCUT2D eigenvalue weighted by atomic mass is 10.2. The maximum absolute atomic E-state index is 12.4. The number of anilines is 1. The Morgan fingerprint density at radius 3 is 2.63 bits per heavy atom. The Kier molecular flexibility index (Phi) is 6.28. The molecule has 0 radical (unpaired) electrons. The molecule has 2 aromatic carbocycles. The van der Waals surface area contributed by atoms with Gasteiger partial charge in [-0.25, -0.2) is 0 Å². The van der Waals surface area contributed by atoms with Gasteiger partial charge in [-0.05, 0) is 35.9 Å². The van der Waals surface area contributed by atoms with Crippen molar-refractivity contribution in [3.05, 3.63) is 88.7 Å². The molecule has 0 aliphatic heterocycles. The van der Waals surface area contributed by atoms with Crippen molar-refractivity contribution in [3.63, 3.8) is 0 Å². The Morgan fingerprint density at radius 2 is 1.85 bits per heavy atom. The number of nitrogens with one attached hydrogen (secondary N) is 2. The first kappa shape index (κ1) is 18.7. The van der Waals surface area contributed by atoms with Crippen LogP contribution in [0.25, 0.3) is 0 Å². The second kappa shape index (κ2) is 9.05. The van der Waals surface area contributed by atoms with Crippen molar-refractivity contribution in [1.29, 1.82) is 0 Å². The van der Waals surface area contributed by atoms with Crippen LogP contribution in [0.5, 0.6) is 5.75 Å². The fourth-order valence-corrected chi connectivity index (χ4v) is 2.71. The van der Waals surface area contributed by atoms with Crippen molar-refractivity contribution in [2.75, 3.05) is 12.4 Å². The number of para-hydroxylation sites is 1. The van der Waals surface area contributed by atoms with Crippen LogP contribution in [-0.2, 0) is 13.1 Å². The summed E-state index contributed by atoms with van der Waals surface area (Å²) in [7, 11) is 1.61. The van der Waals surface area contributed by atoms with Gasteiger partial charge in [0.05, 0.1) is 7.11 Å². The topological polar surface area (TPSA) is 63.2 Å². The van der Waals surface area contributed by atoms with Gasteiger partial charge in [0, 0.05) is 35.6 Å². The van der Waals surface area contributed by atoms with Crippen LogP contribution in [0.1, 0.15) is 21.6 Å². The van der Waals surface area contributed by atoms with E-state index in [1.165, 1.54) is 0 Å². The van der Waals surface area contributed by atoms with Crippen molar-refractivity contribution >= 4 is 23.2 Å². The summed E-state index contributed by atoms with van der Waals surface area (Å²) in [6, 6.07) is 18.7. The molecule has 0 unspecified atom stereocenters. The van der Waals surface area contributed by atoms with Gasteiger partial charge >= 0.3 is 0 Å². The molecule has 3 aromatic rings. The molecule has 0 bridgehead atoms. The van der Waals surface area contributed by atoms with Crippen LogP contribution in [0, 0.1) is 0 Å². The first-order chi connectivity index (χ1) is 13.2. The van der Waals surface area contributed by atoms with Crippen molar-refractivity contribution in [2.45, 2.75) is 13.1 Å². The molecule has 6 heteroatoms. The highest BCUT2D eigenvalue weighted by Crippen LogP contribution is 2.17. The van der Waals surface area contributed by atoms with Gasteiger partial charge < -0.3 is 15.4 Å². The maximum Gasteiger partial charge on any atom is 0.270 e. The van der Waals surface area contributed by atoms with Crippen molar-refractivity contribution in [1.82, 2.24) is 10.3 Å². The number of ether oxygens (including phenoxy) is 1. The van der Waals surface area contributed by atoms with Gasteiger partial charge in [-0.2, -0.15) is 0 Å². The number of benzene rings is 2. The zero-order valence-electron chi connectivity index (χ0n) is 14.9. The zero-order valence-corrected chi connectivity index (χ0v) is 15.7. The Balaban J connectivity index is 1.60. The number of pyridine rings is 1. The van der Waals surface area contributed by atoms with E-state index in [0.29, 0.717) is 23.8 Å². The second-order valence-electron chi connectivity index (χ2n) is 5.90. The number of carbonyl (C=O) groups excluding carboxylic acids is 1. The van der Waals surface area contributed by atoms with E-state index in [9.17, 15) is 4.79 Å². The third-order valence-electron chi connectivity index (χ3n) is 4.03. The minimum atomic E-state index is -0.240. The number of halogens is 1. The van der Waals surface area contributed by atoms with Crippen LogP contribution in [0.15, 0.2) is 66.9 Å². The summed E-state index contributed by atoms with van der Waals surface area (Å²) < 4.78 is 5.30. The van der Waals surface area contributed by atoms with E-state index < -0.39 is 0 Å². The third kappa shape index (κ3) is 5.21. The summed E-state index contributed by atoms with van der Waals surface area (Å²) in [5.41, 5.74) is 3.18. The molecule has 0 saturated carbocycles. The van der Waals surface area contributed by atoms with Gasteiger partial charge in [0.2, 0.25) is 0 Å². The van der Waals surface area contributed by atoms with Gasteiger partial charge in [-0.15, -0.1) is 0 Å². The van der Waals surface area contributed by atoms with E-state index in [0.717, 1.165) is 22.6 Å². The summed E-state index contributed by atoms with van der Waals surface area (Å²) >= 11 is 5.90. The highest BCUT2D eigenvalue weighted by Gasteiger charge is 2.09. The summed E-state index contributed by atoms with van der Waals surface area (Å²) in [6.07, 6.45) is 1.61. The summed E-state index contributed by atoms with van der Waals surface area (Å²) in [4.78, 5) is 16.6. The van der Waals surface area contributed by atoms with E-state index in [4.69, 9.17) is 16.3 Å². The molecule has 0 saturated heterocycles. The Morgan fingerprint density at radius 1 is 1.07 bits per heavy atom. The minimum absolute atomic E-state index is 0.240. The SMILES string of the molecule is COc1ccccc1CNC(=O)c1cc(NCc2ccc(Cl)cc2)ccn1. The molecular formula is C21H20ClN3O2. The predicted octanol–water partition coefficient (Wildman–Crippen LogP) is 4.29. The number of carbonyl (C=O) groups is 1. The third-order valence-corrected chi connectivity index (χ3v) is 4.29. The van der Waals surface area contributed by atoms with Gasteiger partial charge in [-0.1, -0.05) is 41.9 Å². The molecule has 0 aliphatic carbocycles. The first-order valence-electron chi connectivity index (χ1n) is 8.50. The summed E-state index contributed by atoms with van der Waals surface area (Å²) in [6.45, 7) is 0.996. The largest absolute Gasteiger partial charge is 0.496 e. The molecule has 0 fully saturated rings. The molecule has 5 nitrogen and oxygen atoms in total. The zero-order chi connectivity index (χ0) is 19.1. The van der Waals surface area contributed by atoms with Crippen molar-refractivity contribution in [2.24, 2.45) is 0 Å². The Labute approximate surface area is 163 Å². The van der Waals surface area contributed by atoms with Gasteiger partial charge in [0.15, 0.2) is 0 Å². The fraction of sp³-hybridized carbons (Fsp3) is 0.143. The van der Waals surface area contributed by atoms with Gasteiger partial charge in [0.25, 0.3) is 5.91 Å². The normalized spacial score (nSPS) is 10.3. The number of rotatable bonds is 7. The van der Waals surface area contributed by atoms with E-state index in [1.807, 2.05) is 54.6 Å². The molecule has 3 rings (SSSR count). The van der Waals surface area contributed by atoms with Gasteiger partial charge in [0.1, 0.15) is 11.4 Å². The van der Waals surface area contributed by atoms with E-state index in [-0.39, 0.29) is 5.91 Å². The number of hydrogen-bond acceptors (Lipinski definition) is 4. The number of hydrogen-bond donors (Lipinski definition) is 2. The number of methoxy groups -OCH3 is 1. The average Bonchev–Trinajstić information content (AvgIpc) is 2.72.